The van der Waals surface area contributed by atoms with E-state index in [2.05, 4.69) is 5.32 Å². The number of carbonyl (C=O) groups is 3. The first-order valence-electron chi connectivity index (χ1n) is 3.74. The summed E-state index contributed by atoms with van der Waals surface area (Å²) in [5.41, 5.74) is 0. The molecule has 0 bridgehead atoms. The number of nitrogens with one attached hydrogen (secondary N) is 1. The highest BCUT2D eigenvalue weighted by molar-refractivity contribution is 6.27. The molecule has 0 saturated heterocycles. The van der Waals surface area contributed by atoms with Crippen LogP contribution < -0.4 is 5.32 Å². The van der Waals surface area contributed by atoms with Crippen molar-refractivity contribution in [3.63, 3.8) is 0 Å². The molecular weight excluding hydrogens is 214 g/mol. The number of carbonyl (C=O) groups excluding carboxylic acids is 1. The van der Waals surface area contributed by atoms with E-state index in [4.69, 9.17) is 21.8 Å². The molecule has 0 aromatic carbocycles. The van der Waals surface area contributed by atoms with Crippen LogP contribution in [0.5, 0.6) is 0 Å². The Hall–Kier alpha value is -1.30. The molecule has 0 fully saturated rings. The molecule has 1 amide bonds. The maximum Gasteiger partial charge on any atom is 0.308 e. The number of aliphatic carboxylic acids is 2. The molecule has 0 aromatic heterocycles. The molecule has 0 rings (SSSR count). The number of amides is 1. The van der Waals surface area contributed by atoms with Crippen molar-refractivity contribution in [3.05, 3.63) is 0 Å². The fourth-order valence-corrected chi connectivity index (χ4v) is 0.836. The third-order valence-corrected chi connectivity index (χ3v) is 1.68. The predicted octanol–water partition coefficient (Wildman–Crippen LogP) is -0.483. The van der Waals surface area contributed by atoms with E-state index in [1.54, 1.807) is 0 Å². The van der Waals surface area contributed by atoms with Crippen molar-refractivity contribution >= 4 is 29.4 Å². The molecule has 0 aromatic rings. The van der Waals surface area contributed by atoms with Gasteiger partial charge in [0.2, 0.25) is 5.91 Å². The van der Waals surface area contributed by atoms with Crippen molar-refractivity contribution in [2.75, 3.05) is 12.4 Å². The Kier molecular flexibility index (Phi) is 5.62. The standard InChI is InChI=1S/C7H10ClNO5/c8-2-5(10)9-3-4(7(13)14)1-6(11)12/h4H,1-3H2,(H,9,10)(H,11,12)(H,13,14). The Bertz CT molecular complexity index is 242. The van der Waals surface area contributed by atoms with Gasteiger partial charge in [-0.05, 0) is 0 Å². The molecule has 80 valence electrons. The highest BCUT2D eigenvalue weighted by atomic mass is 35.5. The zero-order chi connectivity index (χ0) is 11.1. The van der Waals surface area contributed by atoms with Gasteiger partial charge in [-0.3, -0.25) is 14.4 Å². The van der Waals surface area contributed by atoms with Crippen molar-refractivity contribution in [2.45, 2.75) is 6.42 Å². The fraction of sp³-hybridized carbons (Fsp3) is 0.571. The quantitative estimate of drug-likeness (QED) is 0.528. The molecule has 14 heavy (non-hydrogen) atoms. The monoisotopic (exact) mass is 223 g/mol. The number of rotatable bonds is 6. The molecule has 0 spiro atoms. The number of halogens is 1. The van der Waals surface area contributed by atoms with Gasteiger partial charge in [0, 0.05) is 6.54 Å². The summed E-state index contributed by atoms with van der Waals surface area (Å²) in [7, 11) is 0. The molecule has 0 heterocycles. The first-order chi connectivity index (χ1) is 6.47. The topological polar surface area (TPSA) is 104 Å². The molecule has 0 radical (unpaired) electrons. The van der Waals surface area contributed by atoms with Gasteiger partial charge in [-0.15, -0.1) is 11.6 Å². The van der Waals surface area contributed by atoms with Crippen molar-refractivity contribution in [3.8, 4) is 0 Å². The second-order valence-electron chi connectivity index (χ2n) is 2.57. The summed E-state index contributed by atoms with van der Waals surface area (Å²) in [6, 6.07) is 0. The lowest BCUT2D eigenvalue weighted by molar-refractivity contribution is -0.148. The van der Waals surface area contributed by atoms with Crippen LogP contribution in [0.1, 0.15) is 6.42 Å². The normalized spacial score (nSPS) is 11.8. The minimum Gasteiger partial charge on any atom is -0.481 e. The van der Waals surface area contributed by atoms with Crippen LogP contribution in [0, 0.1) is 5.92 Å². The van der Waals surface area contributed by atoms with E-state index in [-0.39, 0.29) is 12.4 Å². The summed E-state index contributed by atoms with van der Waals surface area (Å²) in [6.45, 7) is -0.229. The molecule has 0 aliphatic rings. The summed E-state index contributed by atoms with van der Waals surface area (Å²) >= 11 is 5.14. The van der Waals surface area contributed by atoms with E-state index >= 15 is 0 Å². The van der Waals surface area contributed by atoms with Crippen molar-refractivity contribution in [2.24, 2.45) is 5.92 Å². The lowest BCUT2D eigenvalue weighted by Crippen LogP contribution is -2.34. The minimum absolute atomic E-state index is 0.229. The van der Waals surface area contributed by atoms with Crippen LogP contribution in [-0.4, -0.2) is 40.5 Å². The number of hydrogen-bond donors (Lipinski definition) is 3. The van der Waals surface area contributed by atoms with Gasteiger partial charge in [-0.1, -0.05) is 0 Å². The fourth-order valence-electron chi connectivity index (χ4n) is 0.742. The van der Waals surface area contributed by atoms with Crippen molar-refractivity contribution in [1.29, 1.82) is 0 Å². The van der Waals surface area contributed by atoms with E-state index in [1.165, 1.54) is 0 Å². The summed E-state index contributed by atoms with van der Waals surface area (Å²) in [5, 5.41) is 19.1. The van der Waals surface area contributed by atoms with Crippen LogP contribution in [-0.2, 0) is 14.4 Å². The van der Waals surface area contributed by atoms with Gasteiger partial charge in [0.25, 0.3) is 0 Å². The summed E-state index contributed by atoms with van der Waals surface area (Å²) < 4.78 is 0. The van der Waals surface area contributed by atoms with E-state index in [9.17, 15) is 14.4 Å². The van der Waals surface area contributed by atoms with Gasteiger partial charge < -0.3 is 15.5 Å². The Balaban J connectivity index is 4.04. The average Bonchev–Trinajstić information content (AvgIpc) is 2.10. The second-order valence-corrected chi connectivity index (χ2v) is 2.84. The third kappa shape index (κ3) is 5.36. The molecule has 7 heteroatoms. The first kappa shape index (κ1) is 12.7. The van der Waals surface area contributed by atoms with Gasteiger partial charge in [0.1, 0.15) is 5.88 Å². The van der Waals surface area contributed by atoms with Crippen LogP contribution in [0.25, 0.3) is 0 Å². The Morgan fingerprint density at radius 3 is 2.21 bits per heavy atom. The zero-order valence-corrected chi connectivity index (χ0v) is 7.95. The van der Waals surface area contributed by atoms with Crippen LogP contribution >= 0.6 is 11.6 Å². The summed E-state index contributed by atoms with van der Waals surface area (Å²) in [6.07, 6.45) is -0.530. The van der Waals surface area contributed by atoms with Crippen molar-refractivity contribution in [1.82, 2.24) is 5.32 Å². The molecule has 1 unspecified atom stereocenters. The van der Waals surface area contributed by atoms with Gasteiger partial charge >= 0.3 is 11.9 Å². The molecule has 0 aliphatic carbocycles. The summed E-state index contributed by atoms with van der Waals surface area (Å²) in [5.74, 6) is -4.41. The van der Waals surface area contributed by atoms with Gasteiger partial charge in [0.05, 0.1) is 12.3 Å². The molecule has 0 saturated carbocycles. The van der Waals surface area contributed by atoms with E-state index in [0.29, 0.717) is 0 Å². The van der Waals surface area contributed by atoms with Crippen LogP contribution in [0.2, 0.25) is 0 Å². The predicted molar refractivity (Wildman–Crippen MR) is 47.1 cm³/mol. The maximum atomic E-state index is 10.6. The SMILES string of the molecule is O=C(O)CC(CNC(=O)CCl)C(=O)O. The first-order valence-corrected chi connectivity index (χ1v) is 4.28. The Labute approximate surface area is 84.9 Å². The summed E-state index contributed by atoms with van der Waals surface area (Å²) in [4.78, 5) is 31.4. The van der Waals surface area contributed by atoms with Crippen LogP contribution in [0.15, 0.2) is 0 Å². The van der Waals surface area contributed by atoms with Crippen LogP contribution in [0.3, 0.4) is 0 Å². The average molecular weight is 224 g/mol. The second kappa shape index (κ2) is 6.20. The Morgan fingerprint density at radius 2 is 1.86 bits per heavy atom. The van der Waals surface area contributed by atoms with Crippen molar-refractivity contribution < 1.29 is 24.6 Å². The van der Waals surface area contributed by atoms with E-state index in [1.807, 2.05) is 0 Å². The smallest absolute Gasteiger partial charge is 0.308 e. The van der Waals surface area contributed by atoms with E-state index < -0.39 is 30.2 Å². The number of carboxylic acids is 2. The van der Waals surface area contributed by atoms with E-state index in [0.717, 1.165) is 0 Å². The highest BCUT2D eigenvalue weighted by Crippen LogP contribution is 2.01. The van der Waals surface area contributed by atoms with Gasteiger partial charge in [-0.2, -0.15) is 0 Å². The molecule has 3 N–H and O–H groups in total. The third-order valence-electron chi connectivity index (χ3n) is 1.44. The molecule has 6 nitrogen and oxygen atoms in total. The highest BCUT2D eigenvalue weighted by Gasteiger charge is 2.21. The molecule has 0 aliphatic heterocycles. The molecule has 1 atom stereocenters. The Morgan fingerprint density at radius 1 is 1.29 bits per heavy atom. The minimum atomic E-state index is -1.26. The number of alkyl halides is 1. The maximum absolute atomic E-state index is 10.6. The van der Waals surface area contributed by atoms with Gasteiger partial charge in [0.15, 0.2) is 0 Å². The lowest BCUT2D eigenvalue weighted by atomic mass is 10.1. The molecular formula is C7H10ClNO5. The zero-order valence-electron chi connectivity index (χ0n) is 7.20. The number of hydrogen-bond acceptors (Lipinski definition) is 3. The van der Waals surface area contributed by atoms with Gasteiger partial charge in [-0.25, -0.2) is 0 Å². The van der Waals surface area contributed by atoms with Crippen LogP contribution in [0.4, 0.5) is 0 Å². The number of carboxylic acid groups (broad SMARTS) is 2. The lowest BCUT2D eigenvalue weighted by Gasteiger charge is -2.09. The largest absolute Gasteiger partial charge is 0.481 e.